The zero-order chi connectivity index (χ0) is 14.6. The number of carbonyl (C=O) groups excluding carboxylic acids is 2. The number of ether oxygens (including phenoxy) is 2. The van der Waals surface area contributed by atoms with Gasteiger partial charge in [-0.1, -0.05) is 0 Å². The van der Waals surface area contributed by atoms with Crippen LogP contribution in [0.2, 0.25) is 0 Å². The second kappa shape index (κ2) is 7.35. The van der Waals surface area contributed by atoms with Crippen molar-refractivity contribution in [1.82, 2.24) is 4.98 Å². The zero-order valence-electron chi connectivity index (χ0n) is 12.3. The average molecular weight is 347 g/mol. The highest BCUT2D eigenvalue weighted by Gasteiger charge is 2.22. The molecule has 7 heteroatoms. The highest BCUT2D eigenvalue weighted by molar-refractivity contribution is 6.01. The molecule has 0 saturated heterocycles. The molecule has 112 valence electrons. The minimum atomic E-state index is -0.655. The minimum Gasteiger partial charge on any atom is -1.00 e. The van der Waals surface area contributed by atoms with Gasteiger partial charge in [0.2, 0.25) is 0 Å². The van der Waals surface area contributed by atoms with Crippen LogP contribution in [0.4, 0.5) is 0 Å². The molecule has 0 saturated carbocycles. The Balaban J connectivity index is 0.00000361. The van der Waals surface area contributed by atoms with Crippen molar-refractivity contribution in [3.8, 4) is 0 Å². The van der Waals surface area contributed by atoms with Crippen molar-refractivity contribution in [3.05, 3.63) is 29.1 Å². The maximum atomic E-state index is 11.7. The van der Waals surface area contributed by atoms with Crippen LogP contribution in [0.3, 0.4) is 0 Å². The molecule has 20 heavy (non-hydrogen) atoms. The van der Waals surface area contributed by atoms with E-state index in [1.807, 2.05) is 21.1 Å². The molecule has 0 aliphatic rings. The van der Waals surface area contributed by atoms with Gasteiger partial charge >= 0.3 is 11.9 Å². The molecule has 1 aromatic heterocycles. The normalized spacial score (nSPS) is 10.4. The van der Waals surface area contributed by atoms with Crippen LogP contribution < -0.4 is 17.0 Å². The van der Waals surface area contributed by atoms with Crippen LogP contribution >= 0.6 is 0 Å². The molecule has 1 heterocycles. The molecule has 1 rings (SSSR count). The summed E-state index contributed by atoms with van der Waals surface area (Å²) in [5.41, 5.74) is 0.945. The van der Waals surface area contributed by atoms with E-state index < -0.39 is 11.9 Å². The van der Waals surface area contributed by atoms with Gasteiger partial charge in [0.25, 0.3) is 0 Å². The molecule has 0 radical (unpaired) electrons. The van der Waals surface area contributed by atoms with E-state index in [4.69, 9.17) is 0 Å². The highest BCUT2D eigenvalue weighted by atomic mass is 79.9. The molecule has 0 aliphatic carbocycles. The second-order valence-corrected chi connectivity index (χ2v) is 5.17. The molecule has 6 nitrogen and oxygen atoms in total. The summed E-state index contributed by atoms with van der Waals surface area (Å²) >= 11 is 0. The fraction of sp³-hybridized carbons (Fsp3) is 0.462. The van der Waals surface area contributed by atoms with Gasteiger partial charge in [0.05, 0.1) is 40.9 Å². The number of aromatic nitrogens is 1. The third kappa shape index (κ3) is 4.90. The van der Waals surface area contributed by atoms with Crippen LogP contribution in [0.25, 0.3) is 0 Å². The van der Waals surface area contributed by atoms with Crippen molar-refractivity contribution in [2.75, 3.05) is 35.4 Å². The molecule has 0 atom stereocenters. The highest BCUT2D eigenvalue weighted by Crippen LogP contribution is 2.14. The number of quaternary nitrogens is 1. The first-order valence-electron chi connectivity index (χ1n) is 5.74. The van der Waals surface area contributed by atoms with E-state index in [1.54, 1.807) is 12.3 Å². The van der Waals surface area contributed by atoms with Crippen LogP contribution in [0.15, 0.2) is 12.3 Å². The van der Waals surface area contributed by atoms with E-state index in [1.165, 1.54) is 14.2 Å². The number of pyridine rings is 1. The van der Waals surface area contributed by atoms with Gasteiger partial charge in [0.1, 0.15) is 6.54 Å². The number of rotatable bonds is 4. The smallest absolute Gasteiger partial charge is 0.357 e. The monoisotopic (exact) mass is 346 g/mol. The summed E-state index contributed by atoms with van der Waals surface area (Å²) in [4.78, 5) is 27.3. The molecule has 0 amide bonds. The van der Waals surface area contributed by atoms with E-state index in [-0.39, 0.29) is 28.2 Å². The fourth-order valence-corrected chi connectivity index (χ4v) is 1.67. The summed E-state index contributed by atoms with van der Waals surface area (Å²) in [6.45, 7) is 0.679. The van der Waals surface area contributed by atoms with Crippen molar-refractivity contribution in [3.63, 3.8) is 0 Å². The third-order valence-corrected chi connectivity index (χ3v) is 2.39. The van der Waals surface area contributed by atoms with Crippen molar-refractivity contribution < 1.29 is 40.5 Å². The number of methoxy groups -OCH3 is 2. The first-order valence-corrected chi connectivity index (χ1v) is 5.74. The summed E-state index contributed by atoms with van der Waals surface area (Å²) in [6, 6.07) is 1.62. The Morgan fingerprint density at radius 3 is 2.15 bits per heavy atom. The van der Waals surface area contributed by atoms with Crippen LogP contribution in [0, 0.1) is 0 Å². The zero-order valence-corrected chi connectivity index (χ0v) is 13.9. The lowest BCUT2D eigenvalue weighted by Gasteiger charge is -2.24. The Morgan fingerprint density at radius 1 is 1.15 bits per heavy atom. The summed E-state index contributed by atoms with van der Waals surface area (Å²) in [7, 11) is 8.56. The number of esters is 2. The summed E-state index contributed by atoms with van der Waals surface area (Å²) in [6.07, 6.45) is 1.57. The molecule has 0 bridgehead atoms. The largest absolute Gasteiger partial charge is 1.00 e. The Morgan fingerprint density at radius 2 is 1.70 bits per heavy atom. The van der Waals surface area contributed by atoms with Crippen molar-refractivity contribution in [2.45, 2.75) is 6.54 Å². The lowest BCUT2D eigenvalue weighted by atomic mass is 10.1. The lowest BCUT2D eigenvalue weighted by molar-refractivity contribution is -0.884. The molecule has 0 spiro atoms. The summed E-state index contributed by atoms with van der Waals surface area (Å²) in [5, 5.41) is 0. The van der Waals surface area contributed by atoms with E-state index in [9.17, 15) is 9.59 Å². The van der Waals surface area contributed by atoms with E-state index >= 15 is 0 Å². The molecule has 0 fully saturated rings. The van der Waals surface area contributed by atoms with Gasteiger partial charge in [-0.3, -0.25) is 0 Å². The van der Waals surface area contributed by atoms with Gasteiger partial charge < -0.3 is 30.9 Å². The quantitative estimate of drug-likeness (QED) is 0.460. The second-order valence-electron chi connectivity index (χ2n) is 5.17. The maximum absolute atomic E-state index is 11.7. The van der Waals surface area contributed by atoms with Crippen LogP contribution in [0.1, 0.15) is 26.4 Å². The summed E-state index contributed by atoms with van der Waals surface area (Å²) in [5.74, 6) is -1.26. The predicted octanol–water partition coefficient (Wildman–Crippen LogP) is -2.13. The first-order chi connectivity index (χ1) is 8.78. The Hall–Kier alpha value is -1.47. The molecule has 1 aromatic rings. The van der Waals surface area contributed by atoms with E-state index in [0.717, 1.165) is 5.56 Å². The molecular weight excluding hydrogens is 328 g/mol. The molecule has 0 unspecified atom stereocenters. The number of hydrogen-bond donors (Lipinski definition) is 0. The Bertz CT molecular complexity index is 498. The average Bonchev–Trinajstić information content (AvgIpc) is 2.35. The topological polar surface area (TPSA) is 65.5 Å². The van der Waals surface area contributed by atoms with Gasteiger partial charge in [0.15, 0.2) is 5.69 Å². The lowest BCUT2D eigenvalue weighted by Crippen LogP contribution is -3.00. The molecule has 0 aromatic carbocycles. The van der Waals surface area contributed by atoms with Crippen molar-refractivity contribution in [2.24, 2.45) is 0 Å². The third-order valence-electron chi connectivity index (χ3n) is 2.39. The molecular formula is C13H19BrN2O4. The molecule has 0 aliphatic heterocycles. The van der Waals surface area contributed by atoms with Crippen molar-refractivity contribution in [1.29, 1.82) is 0 Å². The first kappa shape index (κ1) is 18.5. The van der Waals surface area contributed by atoms with Crippen LogP contribution in [-0.2, 0) is 16.0 Å². The van der Waals surface area contributed by atoms with Crippen molar-refractivity contribution >= 4 is 11.9 Å². The molecule has 0 N–H and O–H groups in total. The summed E-state index contributed by atoms with van der Waals surface area (Å²) < 4.78 is 9.94. The number of hydrogen-bond acceptors (Lipinski definition) is 5. The minimum absolute atomic E-state index is 0. The van der Waals surface area contributed by atoms with Gasteiger partial charge in [-0.2, -0.15) is 0 Å². The SMILES string of the molecule is COC(=O)c1cc(C[N+](C)(C)C)cnc1C(=O)OC.[Br-]. The van der Waals surface area contributed by atoms with Gasteiger partial charge in [-0.15, -0.1) is 0 Å². The number of nitrogens with zero attached hydrogens (tertiary/aromatic N) is 2. The Kier molecular flexibility index (Phi) is 6.81. The Labute approximate surface area is 129 Å². The maximum Gasteiger partial charge on any atom is 0.357 e. The fourth-order valence-electron chi connectivity index (χ4n) is 1.67. The van der Waals surface area contributed by atoms with Crippen LogP contribution in [0.5, 0.6) is 0 Å². The standard InChI is InChI=1S/C13H19N2O4.BrH/c1-15(2,3)8-9-6-10(12(16)18-4)11(14-7-9)13(17)19-5;/h6-7H,8H2,1-5H3;1H/q+1;/p-1. The number of halogens is 1. The number of carbonyl (C=O) groups is 2. The van der Waals surface area contributed by atoms with Gasteiger partial charge in [0, 0.05) is 11.8 Å². The van der Waals surface area contributed by atoms with E-state index in [0.29, 0.717) is 11.0 Å². The van der Waals surface area contributed by atoms with Gasteiger partial charge in [-0.25, -0.2) is 14.6 Å². The van der Waals surface area contributed by atoms with E-state index in [2.05, 4.69) is 14.5 Å². The van der Waals surface area contributed by atoms with Crippen LogP contribution in [-0.4, -0.2) is 56.8 Å². The predicted molar refractivity (Wildman–Crippen MR) is 68.7 cm³/mol. The van der Waals surface area contributed by atoms with Gasteiger partial charge in [-0.05, 0) is 6.07 Å².